The zero-order valence-electron chi connectivity index (χ0n) is 17.7. The monoisotopic (exact) mass is 454 g/mol. The second kappa shape index (κ2) is 8.89. The van der Waals surface area contributed by atoms with Crippen LogP contribution in [0.2, 0.25) is 0 Å². The molecular weight excluding hydrogens is 429 g/mol. The molecule has 4 rings (SSSR count). The molecule has 174 valence electrons. The van der Waals surface area contributed by atoms with Crippen LogP contribution in [0.25, 0.3) is 0 Å². The van der Waals surface area contributed by atoms with Gasteiger partial charge in [0, 0.05) is 19.6 Å². The lowest BCUT2D eigenvalue weighted by molar-refractivity contribution is -0.173. The maximum absolute atomic E-state index is 13.9. The lowest BCUT2D eigenvalue weighted by atomic mass is 9.96. The summed E-state index contributed by atoms with van der Waals surface area (Å²) in [6.45, 7) is 0.941. The van der Waals surface area contributed by atoms with Gasteiger partial charge in [-0.1, -0.05) is 6.07 Å². The molecule has 11 heteroatoms. The molecule has 2 N–H and O–H groups in total. The van der Waals surface area contributed by atoms with Crippen molar-refractivity contribution in [2.45, 2.75) is 43.6 Å². The molecule has 1 aromatic carbocycles. The van der Waals surface area contributed by atoms with Crippen LogP contribution in [0.4, 0.5) is 19.0 Å². The molecule has 2 aliphatic heterocycles. The summed E-state index contributed by atoms with van der Waals surface area (Å²) in [7, 11) is 2.94. The van der Waals surface area contributed by atoms with Crippen LogP contribution in [0.3, 0.4) is 0 Å². The quantitative estimate of drug-likeness (QED) is 0.695. The molecule has 0 unspecified atom stereocenters. The van der Waals surface area contributed by atoms with E-state index in [0.29, 0.717) is 30.2 Å². The lowest BCUT2D eigenvalue weighted by Crippen LogP contribution is -2.37. The minimum atomic E-state index is -4.54. The van der Waals surface area contributed by atoms with Gasteiger partial charge in [0.2, 0.25) is 0 Å². The molecule has 0 saturated carbocycles. The topological polar surface area (TPSA) is 86.6 Å². The number of nitrogens with one attached hydrogen (secondary N) is 2. The Morgan fingerprint density at radius 3 is 2.75 bits per heavy atom. The fourth-order valence-electron chi connectivity index (χ4n) is 4.12. The summed E-state index contributed by atoms with van der Waals surface area (Å²) in [6.07, 6.45) is -1.98. The standard InChI is InChI=1S/C21H25F3N4O4/c1-30-16-6-5-12(8-17(16)31-2)15-9-18(21(22,23)24)28-19(27-15)14(11-26-28)20(29)25-10-13-4-3-7-32-13/h5-6,8,11,13,15,18,27H,3-4,7,9-10H2,1-2H3,(H,25,29)/t13-,15-,18+/m1/s1. The van der Waals surface area contributed by atoms with Crippen molar-refractivity contribution in [3.63, 3.8) is 0 Å². The predicted octanol–water partition coefficient (Wildman–Crippen LogP) is 3.47. The molecule has 3 atom stereocenters. The zero-order chi connectivity index (χ0) is 22.9. The number of halogens is 3. The minimum absolute atomic E-state index is 0.0307. The Morgan fingerprint density at radius 1 is 1.31 bits per heavy atom. The van der Waals surface area contributed by atoms with Crippen LogP contribution in [0.15, 0.2) is 24.4 Å². The summed E-state index contributed by atoms with van der Waals surface area (Å²) in [4.78, 5) is 12.7. The van der Waals surface area contributed by atoms with E-state index in [0.717, 1.165) is 17.5 Å². The highest BCUT2D eigenvalue weighted by Crippen LogP contribution is 2.45. The molecule has 1 fully saturated rings. The van der Waals surface area contributed by atoms with E-state index >= 15 is 0 Å². The van der Waals surface area contributed by atoms with Crippen molar-refractivity contribution >= 4 is 11.7 Å². The van der Waals surface area contributed by atoms with Gasteiger partial charge < -0.3 is 24.8 Å². The summed E-state index contributed by atoms with van der Waals surface area (Å²) in [5.74, 6) is 0.411. The van der Waals surface area contributed by atoms with Crippen molar-refractivity contribution in [3.8, 4) is 11.5 Å². The SMILES string of the molecule is COc1ccc([C@H]2C[C@@H](C(F)(F)F)n3ncc(C(=O)NC[C@H]4CCCO4)c3N2)cc1OC. The van der Waals surface area contributed by atoms with Crippen LogP contribution in [0.1, 0.15) is 47.3 Å². The molecule has 0 bridgehead atoms. The normalized spacial score (nSPS) is 22.7. The van der Waals surface area contributed by atoms with E-state index in [2.05, 4.69) is 15.7 Å². The third-order valence-electron chi connectivity index (χ3n) is 5.81. The molecule has 1 aromatic heterocycles. The summed E-state index contributed by atoms with van der Waals surface area (Å²) < 4.78 is 58.5. The van der Waals surface area contributed by atoms with Crippen molar-refractivity contribution in [1.29, 1.82) is 0 Å². The van der Waals surface area contributed by atoms with E-state index in [1.54, 1.807) is 18.2 Å². The highest BCUT2D eigenvalue weighted by atomic mass is 19.4. The Morgan fingerprint density at radius 2 is 2.09 bits per heavy atom. The molecule has 0 radical (unpaired) electrons. The highest BCUT2D eigenvalue weighted by molar-refractivity contribution is 5.98. The number of fused-ring (bicyclic) bond motifs is 1. The van der Waals surface area contributed by atoms with Gasteiger partial charge in [-0.2, -0.15) is 18.3 Å². The average Bonchev–Trinajstić information content (AvgIpc) is 3.45. The lowest BCUT2D eigenvalue weighted by Gasteiger charge is -2.34. The predicted molar refractivity (Wildman–Crippen MR) is 109 cm³/mol. The van der Waals surface area contributed by atoms with Gasteiger partial charge in [0.1, 0.15) is 11.4 Å². The van der Waals surface area contributed by atoms with Crippen LogP contribution in [-0.2, 0) is 4.74 Å². The number of carbonyl (C=O) groups excluding carboxylic acids is 1. The molecule has 3 heterocycles. The first kappa shape index (κ1) is 22.3. The number of benzene rings is 1. The van der Waals surface area contributed by atoms with E-state index in [1.165, 1.54) is 20.4 Å². The van der Waals surface area contributed by atoms with Crippen LogP contribution in [0, 0.1) is 0 Å². The van der Waals surface area contributed by atoms with E-state index in [4.69, 9.17) is 14.2 Å². The number of methoxy groups -OCH3 is 2. The minimum Gasteiger partial charge on any atom is -0.493 e. The van der Waals surface area contributed by atoms with Gasteiger partial charge in [-0.15, -0.1) is 0 Å². The van der Waals surface area contributed by atoms with Gasteiger partial charge in [-0.3, -0.25) is 4.79 Å². The summed E-state index contributed by atoms with van der Waals surface area (Å²) >= 11 is 0. The second-order valence-corrected chi connectivity index (χ2v) is 7.80. The first-order valence-corrected chi connectivity index (χ1v) is 10.3. The molecule has 8 nitrogen and oxygen atoms in total. The Balaban J connectivity index is 1.63. The van der Waals surface area contributed by atoms with Gasteiger partial charge in [-0.05, 0) is 30.5 Å². The number of hydrogen-bond donors (Lipinski definition) is 2. The second-order valence-electron chi connectivity index (χ2n) is 7.80. The first-order valence-electron chi connectivity index (χ1n) is 10.3. The molecule has 0 spiro atoms. The van der Waals surface area contributed by atoms with Crippen molar-refractivity contribution in [2.24, 2.45) is 0 Å². The van der Waals surface area contributed by atoms with E-state index in [9.17, 15) is 18.0 Å². The van der Waals surface area contributed by atoms with Crippen LogP contribution in [-0.4, -0.2) is 55.3 Å². The van der Waals surface area contributed by atoms with E-state index in [-0.39, 0.29) is 23.9 Å². The number of aromatic nitrogens is 2. The average molecular weight is 454 g/mol. The summed E-state index contributed by atoms with van der Waals surface area (Å²) in [5.41, 5.74) is 0.637. The van der Waals surface area contributed by atoms with Gasteiger partial charge in [0.05, 0.1) is 32.6 Å². The number of nitrogens with zero attached hydrogens (tertiary/aromatic N) is 2. The van der Waals surface area contributed by atoms with Gasteiger partial charge in [-0.25, -0.2) is 4.68 Å². The maximum atomic E-state index is 13.9. The third kappa shape index (κ3) is 4.34. The number of amides is 1. The van der Waals surface area contributed by atoms with Crippen molar-refractivity contribution < 1.29 is 32.2 Å². The van der Waals surface area contributed by atoms with Gasteiger partial charge >= 0.3 is 6.18 Å². The van der Waals surface area contributed by atoms with Crippen LogP contribution in [0.5, 0.6) is 11.5 Å². The van der Waals surface area contributed by atoms with Crippen LogP contribution < -0.4 is 20.1 Å². The third-order valence-corrected chi connectivity index (χ3v) is 5.81. The molecule has 1 saturated heterocycles. The van der Waals surface area contributed by atoms with Crippen molar-refractivity contribution in [2.75, 3.05) is 32.7 Å². The number of hydrogen-bond acceptors (Lipinski definition) is 6. The number of alkyl halides is 3. The highest BCUT2D eigenvalue weighted by Gasteiger charge is 2.47. The summed E-state index contributed by atoms with van der Waals surface area (Å²) in [5, 5.41) is 9.71. The fraction of sp³-hybridized carbons (Fsp3) is 0.524. The Bertz CT molecular complexity index is 972. The Hall–Kier alpha value is -2.95. The number of rotatable bonds is 6. The fourth-order valence-corrected chi connectivity index (χ4v) is 4.12. The molecular formula is C21H25F3N4O4. The Labute approximate surface area is 183 Å². The molecule has 2 aliphatic rings. The van der Waals surface area contributed by atoms with E-state index < -0.39 is 24.2 Å². The maximum Gasteiger partial charge on any atom is 0.410 e. The Kier molecular flexibility index (Phi) is 6.18. The first-order chi connectivity index (χ1) is 15.3. The molecule has 1 amide bonds. The van der Waals surface area contributed by atoms with Crippen LogP contribution >= 0.6 is 0 Å². The smallest absolute Gasteiger partial charge is 0.410 e. The number of carbonyl (C=O) groups is 1. The number of anilines is 1. The molecule has 32 heavy (non-hydrogen) atoms. The van der Waals surface area contributed by atoms with Crippen molar-refractivity contribution in [3.05, 3.63) is 35.5 Å². The zero-order valence-corrected chi connectivity index (χ0v) is 17.7. The molecule has 2 aromatic rings. The van der Waals surface area contributed by atoms with Gasteiger partial charge in [0.15, 0.2) is 17.5 Å². The summed E-state index contributed by atoms with van der Waals surface area (Å²) in [6, 6.07) is 2.36. The largest absolute Gasteiger partial charge is 0.493 e. The van der Waals surface area contributed by atoms with E-state index in [1.807, 2.05) is 0 Å². The molecule has 0 aliphatic carbocycles. The van der Waals surface area contributed by atoms with Gasteiger partial charge in [0.25, 0.3) is 5.91 Å². The number of ether oxygens (including phenoxy) is 3. The van der Waals surface area contributed by atoms with Crippen molar-refractivity contribution in [1.82, 2.24) is 15.1 Å².